The molecular weight excluding hydrogens is 280 g/mol. The molecule has 1 atom stereocenters. The van der Waals surface area contributed by atoms with E-state index >= 15 is 0 Å². The molecule has 1 aliphatic rings. The molecule has 1 aliphatic heterocycles. The molecule has 4 heteroatoms. The van der Waals surface area contributed by atoms with Crippen LogP contribution in [0, 0.1) is 11.3 Å². The van der Waals surface area contributed by atoms with Crippen LogP contribution in [-0.2, 0) is 10.3 Å². The zero-order valence-electron chi connectivity index (χ0n) is 9.82. The van der Waals surface area contributed by atoms with Gasteiger partial charge < -0.3 is 4.74 Å². The van der Waals surface area contributed by atoms with Crippen molar-refractivity contribution in [2.75, 3.05) is 26.3 Å². The van der Waals surface area contributed by atoms with Crippen molar-refractivity contribution in [3.63, 3.8) is 0 Å². The Bertz CT molecular complexity index is 437. The van der Waals surface area contributed by atoms with Crippen molar-refractivity contribution in [3.8, 4) is 6.07 Å². The molecule has 0 bridgehead atoms. The van der Waals surface area contributed by atoms with Crippen molar-refractivity contribution in [2.24, 2.45) is 0 Å². The van der Waals surface area contributed by atoms with E-state index in [-0.39, 0.29) is 0 Å². The molecule has 1 unspecified atom stereocenters. The maximum absolute atomic E-state index is 9.53. The molecule has 90 valence electrons. The maximum Gasteiger partial charge on any atom is 0.132 e. The first-order valence-corrected chi connectivity index (χ1v) is 6.46. The molecule has 1 aromatic carbocycles. The van der Waals surface area contributed by atoms with Gasteiger partial charge >= 0.3 is 0 Å². The molecule has 17 heavy (non-hydrogen) atoms. The number of hydrogen-bond donors (Lipinski definition) is 0. The van der Waals surface area contributed by atoms with E-state index in [1.807, 2.05) is 31.2 Å². The molecule has 0 aromatic heterocycles. The van der Waals surface area contributed by atoms with Gasteiger partial charge in [-0.3, -0.25) is 4.90 Å². The highest BCUT2D eigenvalue weighted by atomic mass is 79.9. The Balaban J connectivity index is 2.33. The second-order valence-electron chi connectivity index (χ2n) is 4.29. The highest BCUT2D eigenvalue weighted by Crippen LogP contribution is 2.30. The minimum Gasteiger partial charge on any atom is -0.379 e. The minimum atomic E-state index is -0.576. The van der Waals surface area contributed by atoms with Gasteiger partial charge in [0.2, 0.25) is 0 Å². The van der Waals surface area contributed by atoms with Crippen LogP contribution in [-0.4, -0.2) is 31.2 Å². The van der Waals surface area contributed by atoms with Gasteiger partial charge in [-0.25, -0.2) is 0 Å². The van der Waals surface area contributed by atoms with Gasteiger partial charge in [0.25, 0.3) is 0 Å². The predicted octanol–water partition coefficient (Wildman–Crippen LogP) is 2.52. The Hall–Kier alpha value is -0.890. The summed E-state index contributed by atoms with van der Waals surface area (Å²) in [5.41, 5.74) is 0.448. The summed E-state index contributed by atoms with van der Waals surface area (Å²) in [6.07, 6.45) is 0. The normalized spacial score (nSPS) is 20.5. The van der Waals surface area contributed by atoms with Crippen molar-refractivity contribution in [1.29, 1.82) is 5.26 Å². The number of ether oxygens (including phenoxy) is 1. The van der Waals surface area contributed by atoms with E-state index in [4.69, 9.17) is 4.74 Å². The van der Waals surface area contributed by atoms with Crippen LogP contribution in [0.15, 0.2) is 28.7 Å². The van der Waals surface area contributed by atoms with Crippen LogP contribution in [0.3, 0.4) is 0 Å². The van der Waals surface area contributed by atoms with Crippen LogP contribution in [0.2, 0.25) is 0 Å². The van der Waals surface area contributed by atoms with Gasteiger partial charge in [-0.2, -0.15) is 5.26 Å². The number of halogens is 1. The molecule has 1 heterocycles. The quantitative estimate of drug-likeness (QED) is 0.841. The van der Waals surface area contributed by atoms with Crippen LogP contribution >= 0.6 is 15.9 Å². The molecule has 0 radical (unpaired) electrons. The number of rotatable bonds is 2. The number of benzene rings is 1. The molecule has 0 aliphatic carbocycles. The van der Waals surface area contributed by atoms with Crippen LogP contribution in [0.1, 0.15) is 12.5 Å². The van der Waals surface area contributed by atoms with Crippen LogP contribution in [0.25, 0.3) is 0 Å². The summed E-state index contributed by atoms with van der Waals surface area (Å²) >= 11 is 3.46. The molecule has 0 saturated carbocycles. The Morgan fingerprint density at radius 1 is 1.41 bits per heavy atom. The van der Waals surface area contributed by atoms with Crippen LogP contribution < -0.4 is 0 Å². The van der Waals surface area contributed by atoms with Crippen molar-refractivity contribution < 1.29 is 4.74 Å². The molecule has 0 amide bonds. The van der Waals surface area contributed by atoms with Gasteiger partial charge in [0.1, 0.15) is 5.54 Å². The second kappa shape index (κ2) is 5.18. The number of nitrogens with zero attached hydrogens (tertiary/aromatic N) is 2. The Morgan fingerprint density at radius 2 is 2.12 bits per heavy atom. The molecule has 1 fully saturated rings. The topological polar surface area (TPSA) is 36.3 Å². The van der Waals surface area contributed by atoms with Gasteiger partial charge in [-0.1, -0.05) is 28.1 Å². The number of morpholine rings is 1. The second-order valence-corrected chi connectivity index (χ2v) is 5.21. The lowest BCUT2D eigenvalue weighted by Gasteiger charge is -2.38. The lowest BCUT2D eigenvalue weighted by molar-refractivity contribution is 0.000426. The fraction of sp³-hybridized carbons (Fsp3) is 0.462. The fourth-order valence-corrected chi connectivity index (χ4v) is 2.52. The van der Waals surface area contributed by atoms with E-state index in [1.54, 1.807) is 0 Å². The first kappa shape index (κ1) is 12.6. The third-order valence-corrected chi connectivity index (χ3v) is 3.74. The minimum absolute atomic E-state index is 0.576. The van der Waals surface area contributed by atoms with Crippen LogP contribution in [0.4, 0.5) is 0 Å². The smallest absolute Gasteiger partial charge is 0.132 e. The first-order chi connectivity index (χ1) is 8.16. The Morgan fingerprint density at radius 3 is 2.71 bits per heavy atom. The van der Waals surface area contributed by atoms with Crippen molar-refractivity contribution in [1.82, 2.24) is 4.90 Å². The van der Waals surface area contributed by atoms with Crippen LogP contribution in [0.5, 0.6) is 0 Å². The van der Waals surface area contributed by atoms with E-state index in [9.17, 15) is 5.26 Å². The van der Waals surface area contributed by atoms with Gasteiger partial charge in [0.05, 0.1) is 19.3 Å². The van der Waals surface area contributed by atoms with Gasteiger partial charge in [-0.15, -0.1) is 0 Å². The monoisotopic (exact) mass is 294 g/mol. The summed E-state index contributed by atoms with van der Waals surface area (Å²) in [6.45, 7) is 4.98. The standard InChI is InChI=1S/C13H15BrN2O/c1-13(10-15,16-5-7-17-8-6-16)11-3-2-4-12(14)9-11/h2-4,9H,5-8H2,1H3. The summed E-state index contributed by atoms with van der Waals surface area (Å²) in [5, 5.41) is 9.53. The average molecular weight is 295 g/mol. The molecule has 2 rings (SSSR count). The predicted molar refractivity (Wildman–Crippen MR) is 69.5 cm³/mol. The van der Waals surface area contributed by atoms with E-state index in [0.29, 0.717) is 13.2 Å². The summed E-state index contributed by atoms with van der Waals surface area (Å²) in [5.74, 6) is 0. The zero-order chi connectivity index (χ0) is 12.3. The molecular formula is C13H15BrN2O. The molecule has 3 nitrogen and oxygen atoms in total. The maximum atomic E-state index is 9.53. The largest absolute Gasteiger partial charge is 0.379 e. The third-order valence-electron chi connectivity index (χ3n) is 3.25. The number of hydrogen-bond acceptors (Lipinski definition) is 3. The third kappa shape index (κ3) is 2.52. The van der Waals surface area contributed by atoms with Crippen molar-refractivity contribution in [2.45, 2.75) is 12.5 Å². The molecule has 0 N–H and O–H groups in total. The highest BCUT2D eigenvalue weighted by molar-refractivity contribution is 9.10. The summed E-state index contributed by atoms with van der Waals surface area (Å²) < 4.78 is 6.34. The summed E-state index contributed by atoms with van der Waals surface area (Å²) in [7, 11) is 0. The van der Waals surface area contributed by atoms with E-state index in [0.717, 1.165) is 23.1 Å². The van der Waals surface area contributed by atoms with Crippen molar-refractivity contribution in [3.05, 3.63) is 34.3 Å². The average Bonchev–Trinajstić information content (AvgIpc) is 2.39. The lowest BCUT2D eigenvalue weighted by Crippen LogP contribution is -2.48. The molecule has 0 spiro atoms. The van der Waals surface area contributed by atoms with Gasteiger partial charge in [0, 0.05) is 17.6 Å². The van der Waals surface area contributed by atoms with E-state index < -0.39 is 5.54 Å². The SMILES string of the molecule is CC(C#N)(c1cccc(Br)c1)N1CCOCC1. The van der Waals surface area contributed by atoms with Crippen molar-refractivity contribution >= 4 is 15.9 Å². The van der Waals surface area contributed by atoms with E-state index in [2.05, 4.69) is 26.9 Å². The fourth-order valence-electron chi connectivity index (χ4n) is 2.12. The zero-order valence-corrected chi connectivity index (χ0v) is 11.4. The highest BCUT2D eigenvalue weighted by Gasteiger charge is 2.34. The molecule has 1 saturated heterocycles. The Labute approximate surface area is 110 Å². The Kier molecular flexibility index (Phi) is 3.82. The van der Waals surface area contributed by atoms with Gasteiger partial charge in [0.15, 0.2) is 0 Å². The molecule has 1 aromatic rings. The summed E-state index contributed by atoms with van der Waals surface area (Å²) in [4.78, 5) is 2.18. The lowest BCUT2D eigenvalue weighted by atomic mass is 9.91. The number of nitriles is 1. The van der Waals surface area contributed by atoms with E-state index in [1.165, 1.54) is 0 Å². The summed E-state index contributed by atoms with van der Waals surface area (Å²) in [6, 6.07) is 10.4. The van der Waals surface area contributed by atoms with Gasteiger partial charge in [-0.05, 0) is 24.6 Å². The first-order valence-electron chi connectivity index (χ1n) is 5.67.